The lowest BCUT2D eigenvalue weighted by molar-refractivity contribution is -0.137. The van der Waals surface area contributed by atoms with Gasteiger partial charge in [0.1, 0.15) is 41.7 Å². The van der Waals surface area contributed by atoms with Gasteiger partial charge in [-0.2, -0.15) is 4.31 Å². The van der Waals surface area contributed by atoms with Crippen LogP contribution in [0.15, 0.2) is 12.7 Å². The summed E-state index contributed by atoms with van der Waals surface area (Å²) >= 11 is 1.13. The molecule has 3 heterocycles. The van der Waals surface area contributed by atoms with Crippen LogP contribution in [0.3, 0.4) is 0 Å². The largest absolute Gasteiger partial charge is 0.481 e. The van der Waals surface area contributed by atoms with Crippen LogP contribution in [0.4, 0.5) is 5.82 Å². The number of hydrogen-bond acceptors (Lipinski definition) is 19. The quantitative estimate of drug-likeness (QED) is 0.0354. The first-order valence-corrected chi connectivity index (χ1v) is 21.3. The molecule has 0 saturated carbocycles. The van der Waals surface area contributed by atoms with Crippen LogP contribution in [0, 0.1) is 5.41 Å². The zero-order valence-corrected chi connectivity index (χ0v) is 32.4. The maximum absolute atomic E-state index is 12.6. The molecule has 2 amide bonds. The van der Waals surface area contributed by atoms with E-state index in [0.717, 1.165) is 29.0 Å². The summed E-state index contributed by atoms with van der Waals surface area (Å²) < 4.78 is 62.0. The van der Waals surface area contributed by atoms with Gasteiger partial charge in [0.15, 0.2) is 17.7 Å². The maximum Gasteiger partial charge on any atom is 0.481 e. The van der Waals surface area contributed by atoms with Gasteiger partial charge in [-0.25, -0.2) is 28.6 Å². The molecule has 0 aromatic carbocycles. The Labute approximate surface area is 311 Å². The fourth-order valence-corrected chi connectivity index (χ4v) is 8.42. The molecule has 1 saturated heterocycles. The summed E-state index contributed by atoms with van der Waals surface area (Å²) in [6.45, 7) is 2.00. The van der Waals surface area contributed by atoms with Gasteiger partial charge in [0.05, 0.1) is 25.6 Å². The van der Waals surface area contributed by atoms with Crippen molar-refractivity contribution in [3.05, 3.63) is 12.7 Å². The van der Waals surface area contributed by atoms with E-state index in [1.165, 1.54) is 20.8 Å². The average molecular weight is 856 g/mol. The lowest BCUT2D eigenvalue weighted by Crippen LogP contribution is -2.46. The number of aliphatic hydroxyl groups excluding tert-OH is 4. The molecule has 1 aliphatic rings. The van der Waals surface area contributed by atoms with Gasteiger partial charge < -0.3 is 61.1 Å². The first-order valence-electron chi connectivity index (χ1n) is 15.8. The Bertz CT molecular complexity index is 1730. The third-order valence-electron chi connectivity index (χ3n) is 7.35. The Kier molecular flexibility index (Phi) is 16.5. The van der Waals surface area contributed by atoms with Gasteiger partial charge >= 0.3 is 23.5 Å². The number of rotatable bonds is 22. The second-order valence-corrected chi connectivity index (χ2v) is 18.0. The lowest BCUT2D eigenvalue weighted by atomic mass is 9.87. The highest BCUT2D eigenvalue weighted by Crippen LogP contribution is 2.61. The van der Waals surface area contributed by atoms with Crippen molar-refractivity contribution in [2.45, 2.75) is 75.8 Å². The number of hydrogen-bond donors (Lipinski definition) is 11. The minimum atomic E-state index is -5.57. The van der Waals surface area contributed by atoms with Crippen LogP contribution in [0.1, 0.15) is 39.8 Å². The molecule has 2 aromatic heterocycles. The van der Waals surface area contributed by atoms with Gasteiger partial charge in [-0.1, -0.05) is 13.8 Å². The highest BCUT2D eigenvalue weighted by Gasteiger charge is 2.50. The molecule has 5 unspecified atom stereocenters. The Hall–Kier alpha value is -2.19. The van der Waals surface area contributed by atoms with Crippen molar-refractivity contribution in [2.24, 2.45) is 5.41 Å². The summed E-state index contributed by atoms with van der Waals surface area (Å²) in [5, 5.41) is 45.2. The van der Waals surface area contributed by atoms with Gasteiger partial charge in [0, 0.05) is 37.1 Å². The number of fused-ring (bicyclic) bond motifs is 1. The number of anilines is 1. The van der Waals surface area contributed by atoms with E-state index in [2.05, 4.69) is 34.4 Å². The molecule has 9 atom stereocenters. The number of phosphoric acid groups is 3. The first kappa shape index (κ1) is 46.2. The monoisotopic (exact) mass is 855 g/mol. The predicted octanol–water partition coefficient (Wildman–Crippen LogP) is -1.77. The summed E-state index contributed by atoms with van der Waals surface area (Å²) in [6.07, 6.45) is -7.45. The van der Waals surface area contributed by atoms with E-state index in [-0.39, 0.29) is 42.9 Å². The lowest BCUT2D eigenvalue weighted by Gasteiger charge is -2.30. The fourth-order valence-electron chi connectivity index (χ4n) is 4.68. The van der Waals surface area contributed by atoms with Crippen LogP contribution in [-0.4, -0.2) is 139 Å². The Morgan fingerprint density at radius 1 is 1.06 bits per heavy atom. The number of nitrogen functional groups attached to an aromatic ring is 1. The van der Waals surface area contributed by atoms with E-state index in [4.69, 9.17) is 19.5 Å². The first-order chi connectivity index (χ1) is 24.9. The Morgan fingerprint density at radius 2 is 1.72 bits per heavy atom. The molecule has 54 heavy (non-hydrogen) atoms. The molecule has 0 bridgehead atoms. The number of nitrogens with two attached hydrogens (primary N) is 1. The maximum atomic E-state index is 12.6. The number of amides is 2. The van der Waals surface area contributed by atoms with E-state index in [1.807, 2.05) is 0 Å². The summed E-state index contributed by atoms with van der Waals surface area (Å²) in [7, 11) is -16.4. The van der Waals surface area contributed by atoms with Crippen LogP contribution in [0.5, 0.6) is 0 Å². The Balaban J connectivity index is 1.51. The van der Waals surface area contributed by atoms with E-state index >= 15 is 0 Å². The molecule has 12 N–H and O–H groups in total. The molecule has 3 rings (SSSR count). The van der Waals surface area contributed by atoms with Crippen molar-refractivity contribution in [3.63, 3.8) is 0 Å². The highest BCUT2D eigenvalue weighted by molar-refractivity contribution is 7.99. The van der Waals surface area contributed by atoms with Gasteiger partial charge in [0.2, 0.25) is 11.8 Å². The van der Waals surface area contributed by atoms with Crippen molar-refractivity contribution in [1.29, 1.82) is 0 Å². The SMILES string of the molecule is CC(O)CC(O)SCCNC(=O)CCNC(=O)C(O)C(C)(C)COP(=O)(O)OP(=O)(O)OC[C@H]1O[C@@H](n2cnc3c(N)ncnc32)[C@H](O)[C@@H]1OP(=O)(O)O. The van der Waals surface area contributed by atoms with E-state index in [0.29, 0.717) is 5.75 Å². The standard InChI is InChI=1S/C25H44N7O18P3S/c1-13(33)8-16(35)54-7-6-27-15(34)4-5-28-23(38)20(37)25(2,3)10-47-53(44,45)50-52(42,43)46-9-14-19(49-51(39,40)41)18(36)24(48-14)32-12-31-17-21(26)29-11-30-22(17)32/h11-14,16,18-20,24,33,35-37H,4-10H2,1-3H3,(H,27,34)(H,28,38)(H,42,43)(H,44,45)(H2,26,29,30)(H2,39,40,41)/t13?,14-,16?,18-,19-,20?,24-/m1/s1. The summed E-state index contributed by atoms with van der Waals surface area (Å²) in [5.74, 6) is -1.11. The number of imidazole rings is 1. The molecule has 29 heteroatoms. The predicted molar refractivity (Wildman–Crippen MR) is 184 cm³/mol. The van der Waals surface area contributed by atoms with Crippen LogP contribution in [0.2, 0.25) is 0 Å². The average Bonchev–Trinajstić information content (AvgIpc) is 3.60. The smallest absolute Gasteiger partial charge is 0.393 e. The second kappa shape index (κ2) is 19.3. The number of aliphatic hydroxyl groups is 4. The third kappa shape index (κ3) is 14.1. The molecule has 0 radical (unpaired) electrons. The van der Waals surface area contributed by atoms with Gasteiger partial charge in [0.25, 0.3) is 0 Å². The van der Waals surface area contributed by atoms with E-state index in [1.54, 1.807) is 0 Å². The number of carbonyl (C=O) groups excluding carboxylic acids is 2. The molecule has 1 aliphatic heterocycles. The van der Waals surface area contributed by atoms with Crippen molar-refractivity contribution >= 4 is 64.0 Å². The topological polar surface area (TPSA) is 387 Å². The molecule has 1 fully saturated rings. The zero-order valence-electron chi connectivity index (χ0n) is 28.9. The van der Waals surface area contributed by atoms with Crippen molar-refractivity contribution in [2.75, 3.05) is 37.8 Å². The summed E-state index contributed by atoms with van der Waals surface area (Å²) in [6, 6.07) is 0. The molecular weight excluding hydrogens is 811 g/mol. The molecule has 0 spiro atoms. The van der Waals surface area contributed by atoms with Crippen LogP contribution in [-0.2, 0) is 45.9 Å². The van der Waals surface area contributed by atoms with Gasteiger partial charge in [-0.15, -0.1) is 11.8 Å². The number of nitrogens with zero attached hydrogens (tertiary/aromatic N) is 4. The molecule has 0 aliphatic carbocycles. The Morgan fingerprint density at radius 3 is 2.37 bits per heavy atom. The number of nitrogens with one attached hydrogen (secondary N) is 2. The van der Waals surface area contributed by atoms with Crippen LogP contribution < -0.4 is 16.4 Å². The molecule has 25 nitrogen and oxygen atoms in total. The second-order valence-electron chi connectivity index (χ2n) is 12.5. The number of thioether (sulfide) groups is 1. The third-order valence-corrected chi connectivity index (χ3v) is 11.5. The minimum Gasteiger partial charge on any atom is -0.393 e. The van der Waals surface area contributed by atoms with Crippen LogP contribution in [0.25, 0.3) is 11.2 Å². The highest BCUT2D eigenvalue weighted by atomic mass is 32.2. The fraction of sp³-hybridized carbons (Fsp3) is 0.720. The van der Waals surface area contributed by atoms with Crippen molar-refractivity contribution in [3.8, 4) is 0 Å². The number of ether oxygens (including phenoxy) is 1. The number of phosphoric ester groups is 3. The summed E-state index contributed by atoms with van der Waals surface area (Å²) in [4.78, 5) is 75.4. The molecular formula is C25H44N7O18P3S. The summed E-state index contributed by atoms with van der Waals surface area (Å²) in [5.41, 5.74) is 3.45. The van der Waals surface area contributed by atoms with E-state index < -0.39 is 96.1 Å². The number of carbonyl (C=O) groups is 2. The van der Waals surface area contributed by atoms with E-state index in [9.17, 15) is 63.3 Å². The van der Waals surface area contributed by atoms with Crippen molar-refractivity contribution < 1.29 is 85.9 Å². The normalized spacial score (nSPS) is 23.3. The van der Waals surface area contributed by atoms with Gasteiger partial charge in [-0.05, 0) is 6.92 Å². The minimum absolute atomic E-state index is 0.0281. The zero-order chi connectivity index (χ0) is 40.6. The number of aromatic nitrogens is 4. The van der Waals surface area contributed by atoms with Gasteiger partial charge in [-0.3, -0.25) is 27.7 Å². The van der Waals surface area contributed by atoms with Crippen molar-refractivity contribution in [1.82, 2.24) is 30.2 Å². The van der Waals surface area contributed by atoms with Crippen LogP contribution >= 0.6 is 35.2 Å². The molecule has 2 aromatic rings. The molecule has 308 valence electrons.